The zero-order chi connectivity index (χ0) is 19.2. The zero-order valence-electron chi connectivity index (χ0n) is 16.1. The lowest BCUT2D eigenvalue weighted by Gasteiger charge is -2.36. The summed E-state index contributed by atoms with van der Waals surface area (Å²) in [6, 6.07) is 10.6. The quantitative estimate of drug-likeness (QED) is 0.781. The summed E-state index contributed by atoms with van der Waals surface area (Å²) in [7, 11) is 1.83. The number of benzene rings is 1. The molecule has 0 radical (unpaired) electrons. The van der Waals surface area contributed by atoms with E-state index in [1.165, 1.54) is 6.07 Å². The van der Waals surface area contributed by atoms with Gasteiger partial charge < -0.3 is 14.7 Å². The minimum atomic E-state index is -0.181. The second-order valence-corrected chi connectivity index (χ2v) is 6.91. The number of piperazine rings is 1. The first-order valence-corrected chi connectivity index (χ1v) is 9.56. The third-order valence-corrected chi connectivity index (χ3v) is 4.99. The number of aromatic nitrogens is 1. The van der Waals surface area contributed by atoms with Crippen LogP contribution in [0.1, 0.15) is 30.1 Å². The molecule has 0 N–H and O–H groups in total. The molecular formula is C21H27FN4O. The van der Waals surface area contributed by atoms with Gasteiger partial charge in [-0.1, -0.05) is 25.5 Å². The summed E-state index contributed by atoms with van der Waals surface area (Å²) >= 11 is 0. The van der Waals surface area contributed by atoms with E-state index in [0.717, 1.165) is 51.4 Å². The summed E-state index contributed by atoms with van der Waals surface area (Å²) in [4.78, 5) is 22.9. The van der Waals surface area contributed by atoms with Crippen molar-refractivity contribution in [3.8, 4) is 0 Å². The van der Waals surface area contributed by atoms with E-state index >= 15 is 0 Å². The Kier molecular flexibility index (Phi) is 6.27. The number of para-hydroxylation sites is 1. The first kappa shape index (κ1) is 19.1. The van der Waals surface area contributed by atoms with Crippen LogP contribution in [0.4, 0.5) is 15.9 Å². The monoisotopic (exact) mass is 370 g/mol. The molecule has 27 heavy (non-hydrogen) atoms. The molecule has 0 atom stereocenters. The van der Waals surface area contributed by atoms with E-state index in [-0.39, 0.29) is 11.7 Å². The van der Waals surface area contributed by atoms with Gasteiger partial charge in [-0.05, 0) is 30.7 Å². The Balaban J connectivity index is 1.59. The molecule has 0 bridgehead atoms. The van der Waals surface area contributed by atoms with Gasteiger partial charge in [-0.3, -0.25) is 4.79 Å². The highest BCUT2D eigenvalue weighted by Gasteiger charge is 2.20. The van der Waals surface area contributed by atoms with E-state index in [1.54, 1.807) is 17.2 Å². The standard InChI is InChI=1S/C21H27FN4O/c1-3-4-11-24(2)21(27)17-9-10-20(23-16-17)26-14-12-25(13-15-26)19-8-6-5-7-18(19)22/h5-10,16H,3-4,11-15H2,1-2H3. The van der Waals surface area contributed by atoms with Gasteiger partial charge in [0.1, 0.15) is 11.6 Å². The van der Waals surface area contributed by atoms with E-state index in [9.17, 15) is 9.18 Å². The second-order valence-electron chi connectivity index (χ2n) is 6.91. The average Bonchev–Trinajstić information content (AvgIpc) is 2.72. The van der Waals surface area contributed by atoms with Gasteiger partial charge in [-0.15, -0.1) is 0 Å². The molecule has 0 spiro atoms. The summed E-state index contributed by atoms with van der Waals surface area (Å²) in [6.45, 7) is 5.89. The fraction of sp³-hybridized carbons (Fsp3) is 0.429. The number of unbranched alkanes of at least 4 members (excludes halogenated alkanes) is 1. The lowest BCUT2D eigenvalue weighted by atomic mass is 10.2. The topological polar surface area (TPSA) is 39.7 Å². The van der Waals surface area contributed by atoms with Crippen LogP contribution < -0.4 is 9.80 Å². The fourth-order valence-corrected chi connectivity index (χ4v) is 3.30. The molecule has 1 aromatic heterocycles. The zero-order valence-corrected chi connectivity index (χ0v) is 16.1. The second kappa shape index (κ2) is 8.84. The van der Waals surface area contributed by atoms with E-state index in [1.807, 2.05) is 31.3 Å². The summed E-state index contributed by atoms with van der Waals surface area (Å²) in [5, 5.41) is 0. The third kappa shape index (κ3) is 4.56. The van der Waals surface area contributed by atoms with Crippen LogP contribution in [0.15, 0.2) is 42.6 Å². The SMILES string of the molecule is CCCCN(C)C(=O)c1ccc(N2CCN(c3ccccc3F)CC2)nc1. The molecule has 0 aliphatic carbocycles. The van der Waals surface area contributed by atoms with Crippen molar-refractivity contribution in [3.05, 3.63) is 54.0 Å². The van der Waals surface area contributed by atoms with Crippen LogP contribution in [0.5, 0.6) is 0 Å². The predicted octanol–water partition coefficient (Wildman–Crippen LogP) is 3.42. The molecule has 5 nitrogen and oxygen atoms in total. The van der Waals surface area contributed by atoms with Crippen molar-refractivity contribution in [1.29, 1.82) is 0 Å². The number of rotatable bonds is 6. The van der Waals surface area contributed by atoms with Crippen LogP contribution in [0.25, 0.3) is 0 Å². The van der Waals surface area contributed by atoms with Crippen molar-refractivity contribution in [1.82, 2.24) is 9.88 Å². The van der Waals surface area contributed by atoms with Gasteiger partial charge in [-0.25, -0.2) is 9.37 Å². The maximum atomic E-state index is 14.0. The normalized spacial score (nSPS) is 14.3. The number of carbonyl (C=O) groups excluding carboxylic acids is 1. The lowest BCUT2D eigenvalue weighted by molar-refractivity contribution is 0.0793. The summed E-state index contributed by atoms with van der Waals surface area (Å²) in [5.74, 6) is 0.682. The number of amides is 1. The Morgan fingerprint density at radius 3 is 2.44 bits per heavy atom. The van der Waals surface area contributed by atoms with Gasteiger partial charge in [0.15, 0.2) is 0 Å². The lowest BCUT2D eigenvalue weighted by Crippen LogP contribution is -2.47. The molecule has 1 amide bonds. The van der Waals surface area contributed by atoms with Gasteiger partial charge in [0.2, 0.25) is 0 Å². The fourth-order valence-electron chi connectivity index (χ4n) is 3.30. The van der Waals surface area contributed by atoms with Crippen LogP contribution >= 0.6 is 0 Å². The van der Waals surface area contributed by atoms with Gasteiger partial charge in [-0.2, -0.15) is 0 Å². The Morgan fingerprint density at radius 2 is 1.81 bits per heavy atom. The largest absolute Gasteiger partial charge is 0.366 e. The highest BCUT2D eigenvalue weighted by molar-refractivity contribution is 5.93. The van der Waals surface area contributed by atoms with E-state index in [0.29, 0.717) is 11.3 Å². The van der Waals surface area contributed by atoms with Crippen molar-refractivity contribution >= 4 is 17.4 Å². The number of hydrogen-bond acceptors (Lipinski definition) is 4. The molecule has 3 rings (SSSR count). The molecule has 1 aliphatic rings. The van der Waals surface area contributed by atoms with Crippen LogP contribution in [-0.2, 0) is 0 Å². The number of halogens is 1. The molecule has 0 unspecified atom stereocenters. The van der Waals surface area contributed by atoms with Gasteiger partial charge in [0.05, 0.1) is 11.3 Å². The molecule has 0 saturated carbocycles. The third-order valence-electron chi connectivity index (χ3n) is 4.99. The first-order valence-electron chi connectivity index (χ1n) is 9.56. The van der Waals surface area contributed by atoms with E-state index in [2.05, 4.69) is 21.7 Å². The smallest absolute Gasteiger partial charge is 0.255 e. The molecule has 1 saturated heterocycles. The van der Waals surface area contributed by atoms with E-state index < -0.39 is 0 Å². The van der Waals surface area contributed by atoms with Crippen molar-refractivity contribution in [2.24, 2.45) is 0 Å². The van der Waals surface area contributed by atoms with Crippen molar-refractivity contribution in [2.45, 2.75) is 19.8 Å². The predicted molar refractivity (Wildman–Crippen MR) is 107 cm³/mol. The Bertz CT molecular complexity index is 757. The van der Waals surface area contributed by atoms with Gasteiger partial charge >= 0.3 is 0 Å². The minimum absolute atomic E-state index is 0.00636. The molecule has 6 heteroatoms. The van der Waals surface area contributed by atoms with Crippen LogP contribution in [0, 0.1) is 5.82 Å². The number of anilines is 2. The molecule has 1 aromatic carbocycles. The molecular weight excluding hydrogens is 343 g/mol. The Morgan fingerprint density at radius 1 is 1.11 bits per heavy atom. The first-order chi connectivity index (χ1) is 13.1. The van der Waals surface area contributed by atoms with E-state index in [4.69, 9.17) is 0 Å². The van der Waals surface area contributed by atoms with Crippen LogP contribution in [-0.4, -0.2) is 55.6 Å². The molecule has 1 fully saturated rings. The summed E-state index contributed by atoms with van der Waals surface area (Å²) in [6.07, 6.45) is 3.72. The molecule has 2 heterocycles. The van der Waals surface area contributed by atoms with Crippen molar-refractivity contribution in [3.63, 3.8) is 0 Å². The van der Waals surface area contributed by atoms with Gasteiger partial charge in [0, 0.05) is 46.0 Å². The molecule has 144 valence electrons. The molecule has 2 aromatic rings. The van der Waals surface area contributed by atoms with Crippen LogP contribution in [0.2, 0.25) is 0 Å². The van der Waals surface area contributed by atoms with Gasteiger partial charge in [0.25, 0.3) is 5.91 Å². The van der Waals surface area contributed by atoms with Crippen LogP contribution in [0.3, 0.4) is 0 Å². The number of pyridine rings is 1. The summed E-state index contributed by atoms with van der Waals surface area (Å²) < 4.78 is 14.0. The maximum Gasteiger partial charge on any atom is 0.255 e. The highest BCUT2D eigenvalue weighted by Crippen LogP contribution is 2.22. The Labute approximate surface area is 160 Å². The minimum Gasteiger partial charge on any atom is -0.366 e. The van der Waals surface area contributed by atoms with Crippen molar-refractivity contribution in [2.75, 3.05) is 49.6 Å². The molecule has 1 aliphatic heterocycles. The number of carbonyl (C=O) groups is 1. The highest BCUT2D eigenvalue weighted by atomic mass is 19.1. The maximum absolute atomic E-state index is 14.0. The van der Waals surface area contributed by atoms with Crippen molar-refractivity contribution < 1.29 is 9.18 Å². The number of hydrogen-bond donors (Lipinski definition) is 0. The number of nitrogens with zero attached hydrogens (tertiary/aromatic N) is 4. The Hall–Kier alpha value is -2.63. The average molecular weight is 370 g/mol. The summed E-state index contributed by atoms with van der Waals surface area (Å²) in [5.41, 5.74) is 1.27.